The first-order valence-electron chi connectivity index (χ1n) is 7.76. The SMILES string of the molecule is CCOC(=O)c1nnn(CC2CCC(C)O2)c1CC(C)C. The summed E-state index contributed by atoms with van der Waals surface area (Å²) in [4.78, 5) is 12.0. The standard InChI is InChI=1S/C15H25N3O3/c1-5-20-15(19)14-13(8-10(2)3)18(17-16-14)9-12-7-6-11(4)21-12/h10-12H,5-9H2,1-4H3. The highest BCUT2D eigenvalue weighted by atomic mass is 16.5. The van der Waals surface area contributed by atoms with Crippen molar-refractivity contribution in [3.8, 4) is 0 Å². The van der Waals surface area contributed by atoms with Crippen LogP contribution in [0.2, 0.25) is 0 Å². The zero-order valence-electron chi connectivity index (χ0n) is 13.3. The van der Waals surface area contributed by atoms with Crippen LogP contribution in [0.4, 0.5) is 0 Å². The molecule has 1 saturated heterocycles. The van der Waals surface area contributed by atoms with Crippen LogP contribution in [-0.4, -0.2) is 39.8 Å². The van der Waals surface area contributed by atoms with Gasteiger partial charge in [-0.05, 0) is 39.0 Å². The molecule has 118 valence electrons. The highest BCUT2D eigenvalue weighted by molar-refractivity contribution is 5.88. The van der Waals surface area contributed by atoms with Crippen molar-refractivity contribution in [1.29, 1.82) is 0 Å². The van der Waals surface area contributed by atoms with Gasteiger partial charge in [-0.25, -0.2) is 9.48 Å². The van der Waals surface area contributed by atoms with Gasteiger partial charge in [0.05, 0.1) is 31.1 Å². The average Bonchev–Trinajstić information content (AvgIpc) is 2.97. The number of nitrogens with zero attached hydrogens (tertiary/aromatic N) is 3. The molecule has 6 heteroatoms. The van der Waals surface area contributed by atoms with Crippen molar-refractivity contribution in [3.63, 3.8) is 0 Å². The molecule has 1 aromatic rings. The first kappa shape index (κ1) is 15.9. The van der Waals surface area contributed by atoms with Gasteiger partial charge >= 0.3 is 5.97 Å². The number of hydrogen-bond donors (Lipinski definition) is 0. The lowest BCUT2D eigenvalue weighted by Crippen LogP contribution is -2.20. The quantitative estimate of drug-likeness (QED) is 0.753. The van der Waals surface area contributed by atoms with Gasteiger partial charge in [-0.3, -0.25) is 0 Å². The van der Waals surface area contributed by atoms with E-state index in [1.807, 2.05) is 4.68 Å². The van der Waals surface area contributed by atoms with Crippen LogP contribution in [0, 0.1) is 5.92 Å². The van der Waals surface area contributed by atoms with E-state index in [0.29, 0.717) is 30.9 Å². The Morgan fingerprint density at radius 2 is 2.24 bits per heavy atom. The van der Waals surface area contributed by atoms with Gasteiger partial charge in [0, 0.05) is 0 Å². The van der Waals surface area contributed by atoms with Crippen LogP contribution in [-0.2, 0) is 22.4 Å². The van der Waals surface area contributed by atoms with Crippen LogP contribution in [0.25, 0.3) is 0 Å². The third-order valence-corrected chi connectivity index (χ3v) is 3.60. The predicted molar refractivity (Wildman–Crippen MR) is 78.1 cm³/mol. The zero-order chi connectivity index (χ0) is 15.4. The molecule has 1 aliphatic heterocycles. The highest BCUT2D eigenvalue weighted by Gasteiger charge is 2.26. The predicted octanol–water partition coefficient (Wildman–Crippen LogP) is 2.22. The summed E-state index contributed by atoms with van der Waals surface area (Å²) in [6, 6.07) is 0. The molecular formula is C15H25N3O3. The molecule has 2 rings (SSSR count). The summed E-state index contributed by atoms with van der Waals surface area (Å²) in [7, 11) is 0. The minimum absolute atomic E-state index is 0.155. The van der Waals surface area contributed by atoms with Crippen LogP contribution in [0.3, 0.4) is 0 Å². The molecule has 1 aromatic heterocycles. The van der Waals surface area contributed by atoms with E-state index in [9.17, 15) is 4.79 Å². The number of rotatable bonds is 6. The fourth-order valence-corrected chi connectivity index (χ4v) is 2.64. The Hall–Kier alpha value is -1.43. The Morgan fingerprint density at radius 1 is 1.48 bits per heavy atom. The molecule has 0 amide bonds. The Kier molecular flexibility index (Phi) is 5.33. The second-order valence-corrected chi connectivity index (χ2v) is 6.03. The normalized spacial score (nSPS) is 22.0. The summed E-state index contributed by atoms with van der Waals surface area (Å²) in [5.74, 6) is 0.0268. The average molecular weight is 295 g/mol. The molecule has 6 nitrogen and oxygen atoms in total. The largest absolute Gasteiger partial charge is 0.461 e. The van der Waals surface area contributed by atoms with Gasteiger partial charge in [0.15, 0.2) is 5.69 Å². The molecule has 0 radical (unpaired) electrons. The number of esters is 1. The molecule has 1 fully saturated rings. The van der Waals surface area contributed by atoms with Gasteiger partial charge in [-0.2, -0.15) is 0 Å². The van der Waals surface area contributed by atoms with Crippen LogP contribution in [0.15, 0.2) is 0 Å². The maximum atomic E-state index is 12.0. The van der Waals surface area contributed by atoms with Crippen molar-refractivity contribution in [1.82, 2.24) is 15.0 Å². The first-order valence-corrected chi connectivity index (χ1v) is 7.76. The van der Waals surface area contributed by atoms with Crippen molar-refractivity contribution in [3.05, 3.63) is 11.4 Å². The van der Waals surface area contributed by atoms with Gasteiger partial charge in [-0.1, -0.05) is 19.1 Å². The molecule has 0 saturated carbocycles. The van der Waals surface area contributed by atoms with Gasteiger partial charge in [0.1, 0.15) is 0 Å². The number of aromatic nitrogens is 3. The van der Waals surface area contributed by atoms with Crippen molar-refractivity contribution in [2.24, 2.45) is 5.92 Å². The molecule has 2 unspecified atom stereocenters. The van der Waals surface area contributed by atoms with Crippen LogP contribution >= 0.6 is 0 Å². The maximum absolute atomic E-state index is 12.0. The second-order valence-electron chi connectivity index (χ2n) is 6.03. The summed E-state index contributed by atoms with van der Waals surface area (Å²) < 4.78 is 12.7. The van der Waals surface area contributed by atoms with Crippen LogP contribution < -0.4 is 0 Å². The van der Waals surface area contributed by atoms with E-state index in [1.165, 1.54) is 0 Å². The monoisotopic (exact) mass is 295 g/mol. The van der Waals surface area contributed by atoms with E-state index in [-0.39, 0.29) is 12.1 Å². The van der Waals surface area contributed by atoms with Crippen molar-refractivity contribution in [2.45, 2.75) is 65.7 Å². The molecule has 1 aliphatic rings. The summed E-state index contributed by atoms with van der Waals surface area (Å²) in [6.45, 7) is 9.09. The van der Waals surface area contributed by atoms with E-state index in [4.69, 9.17) is 9.47 Å². The number of ether oxygens (including phenoxy) is 2. The van der Waals surface area contributed by atoms with Crippen molar-refractivity contribution >= 4 is 5.97 Å². The van der Waals surface area contributed by atoms with Crippen molar-refractivity contribution < 1.29 is 14.3 Å². The number of hydrogen-bond acceptors (Lipinski definition) is 5. The fourth-order valence-electron chi connectivity index (χ4n) is 2.64. The number of carbonyl (C=O) groups excluding carboxylic acids is 1. The Morgan fingerprint density at radius 3 is 2.81 bits per heavy atom. The van der Waals surface area contributed by atoms with Gasteiger partial charge in [0.25, 0.3) is 0 Å². The van der Waals surface area contributed by atoms with E-state index >= 15 is 0 Å². The minimum Gasteiger partial charge on any atom is -0.461 e. The molecule has 0 spiro atoms. The fraction of sp³-hybridized carbons (Fsp3) is 0.800. The Balaban J connectivity index is 2.17. The number of carbonyl (C=O) groups is 1. The Bertz CT molecular complexity index is 485. The van der Waals surface area contributed by atoms with Crippen molar-refractivity contribution in [2.75, 3.05) is 6.61 Å². The van der Waals surface area contributed by atoms with Gasteiger partial charge in [0.2, 0.25) is 0 Å². The lowest BCUT2D eigenvalue weighted by Gasteiger charge is -2.14. The van der Waals surface area contributed by atoms with E-state index in [1.54, 1.807) is 6.92 Å². The van der Waals surface area contributed by atoms with Crippen LogP contribution in [0.1, 0.15) is 56.7 Å². The summed E-state index contributed by atoms with van der Waals surface area (Å²) in [6.07, 6.45) is 3.31. The molecule has 0 aromatic carbocycles. The lowest BCUT2D eigenvalue weighted by atomic mass is 10.1. The Labute approximate surface area is 125 Å². The van der Waals surface area contributed by atoms with Gasteiger partial charge < -0.3 is 9.47 Å². The third kappa shape index (κ3) is 4.03. The molecule has 0 bridgehead atoms. The zero-order valence-corrected chi connectivity index (χ0v) is 13.3. The van der Waals surface area contributed by atoms with E-state index in [2.05, 4.69) is 31.1 Å². The first-order chi connectivity index (χ1) is 10.0. The topological polar surface area (TPSA) is 66.2 Å². The third-order valence-electron chi connectivity index (χ3n) is 3.60. The minimum atomic E-state index is -0.389. The maximum Gasteiger partial charge on any atom is 0.360 e. The van der Waals surface area contributed by atoms with E-state index in [0.717, 1.165) is 25.0 Å². The molecule has 0 aliphatic carbocycles. The highest BCUT2D eigenvalue weighted by Crippen LogP contribution is 2.22. The molecule has 2 heterocycles. The van der Waals surface area contributed by atoms with E-state index < -0.39 is 0 Å². The summed E-state index contributed by atoms with van der Waals surface area (Å²) in [5, 5.41) is 8.18. The smallest absolute Gasteiger partial charge is 0.360 e. The van der Waals surface area contributed by atoms with Gasteiger partial charge in [-0.15, -0.1) is 5.10 Å². The lowest BCUT2D eigenvalue weighted by molar-refractivity contribution is 0.0425. The molecule has 0 N–H and O–H groups in total. The molecule has 21 heavy (non-hydrogen) atoms. The summed E-state index contributed by atoms with van der Waals surface area (Å²) >= 11 is 0. The summed E-state index contributed by atoms with van der Waals surface area (Å²) in [5.41, 5.74) is 1.20. The molecule has 2 atom stereocenters. The second kappa shape index (κ2) is 7.02. The van der Waals surface area contributed by atoms with Crippen LogP contribution in [0.5, 0.6) is 0 Å². The molecular weight excluding hydrogens is 270 g/mol.